The Morgan fingerprint density at radius 3 is 2.48 bits per heavy atom. The van der Waals surface area contributed by atoms with Crippen LogP contribution in [-0.4, -0.2) is 16.8 Å². The van der Waals surface area contributed by atoms with E-state index in [4.69, 9.17) is 11.6 Å². The van der Waals surface area contributed by atoms with Gasteiger partial charge in [0, 0.05) is 23.5 Å². The van der Waals surface area contributed by atoms with Crippen molar-refractivity contribution >= 4 is 17.5 Å². The first-order valence-corrected chi connectivity index (χ1v) is 9.62. The van der Waals surface area contributed by atoms with Gasteiger partial charge in [0.15, 0.2) is 0 Å². The molecule has 2 saturated carbocycles. The maximum absolute atomic E-state index is 13.3. The van der Waals surface area contributed by atoms with Crippen molar-refractivity contribution in [3.63, 3.8) is 0 Å². The minimum Gasteiger partial charge on any atom is -0.335 e. The Kier molecular flexibility index (Phi) is 4.56. The second-order valence-corrected chi connectivity index (χ2v) is 7.91. The third-order valence-corrected chi connectivity index (χ3v) is 6.03. The standard InChI is InChI=1S/C22H24ClNO/c1-15(17-11-12-17)24(14-16-7-3-2-4-8-16)22(25)20-13-19(20)18-9-5-6-10-21(18)23/h2-10,15,17,19-20H,11-14H2,1H3. The fraction of sp³-hybridized carbons (Fsp3) is 0.409. The van der Waals surface area contributed by atoms with Crippen LogP contribution in [0, 0.1) is 11.8 Å². The van der Waals surface area contributed by atoms with E-state index in [9.17, 15) is 4.79 Å². The van der Waals surface area contributed by atoms with E-state index in [0.29, 0.717) is 24.4 Å². The van der Waals surface area contributed by atoms with Crippen molar-refractivity contribution in [2.24, 2.45) is 11.8 Å². The van der Waals surface area contributed by atoms with Crippen LogP contribution in [0.4, 0.5) is 0 Å². The Morgan fingerprint density at radius 1 is 1.12 bits per heavy atom. The fourth-order valence-corrected chi connectivity index (χ4v) is 4.11. The molecule has 3 heteroatoms. The summed E-state index contributed by atoms with van der Waals surface area (Å²) in [5.74, 6) is 1.34. The van der Waals surface area contributed by atoms with Gasteiger partial charge in [0.2, 0.25) is 5.91 Å². The molecule has 0 radical (unpaired) electrons. The summed E-state index contributed by atoms with van der Waals surface area (Å²) < 4.78 is 0. The Labute approximate surface area is 154 Å². The van der Waals surface area contributed by atoms with Gasteiger partial charge in [0.05, 0.1) is 0 Å². The summed E-state index contributed by atoms with van der Waals surface area (Å²) in [6.07, 6.45) is 3.42. The van der Waals surface area contributed by atoms with Gasteiger partial charge in [-0.1, -0.05) is 60.1 Å². The average molecular weight is 354 g/mol. The largest absolute Gasteiger partial charge is 0.335 e. The highest BCUT2D eigenvalue weighted by Crippen LogP contribution is 2.51. The van der Waals surface area contributed by atoms with Gasteiger partial charge in [-0.25, -0.2) is 0 Å². The quantitative estimate of drug-likeness (QED) is 0.692. The minimum absolute atomic E-state index is 0.0878. The maximum atomic E-state index is 13.3. The average Bonchev–Trinajstić information content (AvgIpc) is 3.53. The molecule has 25 heavy (non-hydrogen) atoms. The molecule has 3 unspecified atom stereocenters. The second kappa shape index (κ2) is 6.84. The van der Waals surface area contributed by atoms with E-state index in [1.807, 2.05) is 36.4 Å². The van der Waals surface area contributed by atoms with Gasteiger partial charge in [0.1, 0.15) is 0 Å². The Morgan fingerprint density at radius 2 is 1.80 bits per heavy atom. The Balaban J connectivity index is 1.51. The molecule has 130 valence electrons. The molecule has 2 fully saturated rings. The van der Waals surface area contributed by atoms with Crippen molar-refractivity contribution in [2.75, 3.05) is 0 Å². The van der Waals surface area contributed by atoms with Crippen LogP contribution < -0.4 is 0 Å². The number of carbonyl (C=O) groups is 1. The predicted octanol–water partition coefficient (Wildman–Crippen LogP) is 5.27. The second-order valence-electron chi connectivity index (χ2n) is 7.50. The lowest BCUT2D eigenvalue weighted by atomic mass is 10.1. The van der Waals surface area contributed by atoms with E-state index in [1.54, 1.807) is 0 Å². The van der Waals surface area contributed by atoms with Gasteiger partial charge in [-0.05, 0) is 55.2 Å². The molecule has 4 rings (SSSR count). The van der Waals surface area contributed by atoms with Gasteiger partial charge in [-0.15, -0.1) is 0 Å². The SMILES string of the molecule is CC(C1CC1)N(Cc1ccccc1)C(=O)C1CC1c1ccccc1Cl. The first-order valence-electron chi connectivity index (χ1n) is 9.24. The number of hydrogen-bond donors (Lipinski definition) is 0. The molecule has 1 amide bonds. The number of hydrogen-bond acceptors (Lipinski definition) is 1. The van der Waals surface area contributed by atoms with Gasteiger partial charge < -0.3 is 4.90 Å². The van der Waals surface area contributed by atoms with Crippen molar-refractivity contribution in [1.82, 2.24) is 4.90 Å². The molecule has 0 spiro atoms. The van der Waals surface area contributed by atoms with Crippen molar-refractivity contribution < 1.29 is 4.79 Å². The number of amides is 1. The highest BCUT2D eigenvalue weighted by molar-refractivity contribution is 6.31. The Bertz CT molecular complexity index is 756. The molecule has 0 heterocycles. The maximum Gasteiger partial charge on any atom is 0.226 e. The van der Waals surface area contributed by atoms with Crippen LogP contribution in [0.1, 0.15) is 43.2 Å². The number of rotatable bonds is 6. The van der Waals surface area contributed by atoms with E-state index in [-0.39, 0.29) is 11.8 Å². The lowest BCUT2D eigenvalue weighted by Crippen LogP contribution is -2.40. The molecule has 0 aliphatic heterocycles. The summed E-state index contributed by atoms with van der Waals surface area (Å²) in [5.41, 5.74) is 2.33. The molecule has 3 atom stereocenters. The van der Waals surface area contributed by atoms with Gasteiger partial charge in [-0.2, -0.15) is 0 Å². The highest BCUT2D eigenvalue weighted by atomic mass is 35.5. The molecule has 2 aliphatic rings. The van der Waals surface area contributed by atoms with E-state index < -0.39 is 0 Å². The fourth-order valence-electron chi connectivity index (χ4n) is 3.84. The summed E-state index contributed by atoms with van der Waals surface area (Å²) in [5, 5.41) is 0.785. The summed E-state index contributed by atoms with van der Waals surface area (Å²) in [4.78, 5) is 15.4. The molecule has 0 N–H and O–H groups in total. The predicted molar refractivity (Wildman–Crippen MR) is 101 cm³/mol. The molecular formula is C22H24ClNO. The van der Waals surface area contributed by atoms with Crippen LogP contribution in [0.5, 0.6) is 0 Å². The number of carbonyl (C=O) groups excluding carboxylic acids is 1. The molecule has 2 nitrogen and oxygen atoms in total. The van der Waals surface area contributed by atoms with Gasteiger partial charge in [-0.3, -0.25) is 4.79 Å². The van der Waals surface area contributed by atoms with Crippen LogP contribution in [-0.2, 0) is 11.3 Å². The molecule has 0 aromatic heterocycles. The topological polar surface area (TPSA) is 20.3 Å². The van der Waals surface area contributed by atoms with E-state index in [0.717, 1.165) is 17.0 Å². The van der Waals surface area contributed by atoms with Crippen molar-refractivity contribution in [3.05, 3.63) is 70.7 Å². The minimum atomic E-state index is 0.0878. The van der Waals surface area contributed by atoms with E-state index in [2.05, 4.69) is 30.0 Å². The molecule has 2 aromatic rings. The zero-order chi connectivity index (χ0) is 17.4. The van der Waals surface area contributed by atoms with Crippen LogP contribution in [0.3, 0.4) is 0 Å². The summed E-state index contributed by atoms with van der Waals surface area (Å²) in [6.45, 7) is 2.93. The lowest BCUT2D eigenvalue weighted by Gasteiger charge is -2.30. The number of nitrogens with zero attached hydrogens (tertiary/aromatic N) is 1. The third-order valence-electron chi connectivity index (χ3n) is 5.69. The van der Waals surface area contributed by atoms with Gasteiger partial charge >= 0.3 is 0 Å². The first-order chi connectivity index (χ1) is 12.1. The van der Waals surface area contributed by atoms with Crippen LogP contribution in [0.15, 0.2) is 54.6 Å². The van der Waals surface area contributed by atoms with Crippen molar-refractivity contribution in [1.29, 1.82) is 0 Å². The van der Waals surface area contributed by atoms with Crippen LogP contribution >= 0.6 is 11.6 Å². The molecule has 2 aliphatic carbocycles. The Hall–Kier alpha value is -1.80. The van der Waals surface area contributed by atoms with E-state index in [1.165, 1.54) is 18.4 Å². The molecule has 2 aromatic carbocycles. The van der Waals surface area contributed by atoms with Gasteiger partial charge in [0.25, 0.3) is 0 Å². The van der Waals surface area contributed by atoms with Crippen LogP contribution in [0.25, 0.3) is 0 Å². The summed E-state index contributed by atoms with van der Waals surface area (Å²) in [6, 6.07) is 18.6. The van der Waals surface area contributed by atoms with E-state index >= 15 is 0 Å². The normalized spacial score (nSPS) is 23.1. The molecule has 0 bridgehead atoms. The van der Waals surface area contributed by atoms with Crippen molar-refractivity contribution in [3.8, 4) is 0 Å². The van der Waals surface area contributed by atoms with Crippen molar-refractivity contribution in [2.45, 2.75) is 44.7 Å². The number of halogens is 1. The summed E-state index contributed by atoms with van der Waals surface area (Å²) in [7, 11) is 0. The smallest absolute Gasteiger partial charge is 0.226 e. The zero-order valence-corrected chi connectivity index (χ0v) is 15.3. The number of benzene rings is 2. The highest BCUT2D eigenvalue weighted by Gasteiger charge is 2.48. The van der Waals surface area contributed by atoms with Crippen LogP contribution in [0.2, 0.25) is 5.02 Å². The monoisotopic (exact) mass is 353 g/mol. The summed E-state index contributed by atoms with van der Waals surface area (Å²) >= 11 is 6.34. The lowest BCUT2D eigenvalue weighted by molar-refractivity contribution is -0.135. The first kappa shape index (κ1) is 16.7. The molecule has 0 saturated heterocycles. The third kappa shape index (κ3) is 3.59. The molecular weight excluding hydrogens is 330 g/mol. The zero-order valence-electron chi connectivity index (χ0n) is 14.6.